The van der Waals surface area contributed by atoms with E-state index in [1.165, 1.54) is 0 Å². The fourth-order valence-corrected chi connectivity index (χ4v) is 1.20. The maximum atomic E-state index is 11.6. The van der Waals surface area contributed by atoms with Crippen LogP contribution in [0.15, 0.2) is 18.2 Å². The topological polar surface area (TPSA) is 54.0 Å². The molecule has 0 aromatic carbocycles. The van der Waals surface area contributed by atoms with Crippen molar-refractivity contribution < 1.29 is 4.79 Å². The molecule has 0 unspecified atom stereocenters. The third-order valence-electron chi connectivity index (χ3n) is 1.96. The number of likely N-dealkylation sites (N-methyl/N-ethyl adjacent to an activating group) is 1. The molecule has 1 heterocycles. The predicted molar refractivity (Wildman–Crippen MR) is 59.9 cm³/mol. The molecule has 0 aliphatic rings. The molecular formula is C11H17N3O. The lowest BCUT2D eigenvalue weighted by Crippen LogP contribution is -2.32. The summed E-state index contributed by atoms with van der Waals surface area (Å²) in [5.74, 6) is -0.114. The molecule has 4 nitrogen and oxygen atoms in total. The number of hydrogen-bond donors (Lipinski definition) is 2. The Labute approximate surface area is 90.1 Å². The Bertz CT molecular complexity index is 325. The summed E-state index contributed by atoms with van der Waals surface area (Å²) in [7, 11) is 0. The van der Waals surface area contributed by atoms with Gasteiger partial charge in [0.2, 0.25) is 0 Å². The molecule has 0 aliphatic carbocycles. The van der Waals surface area contributed by atoms with E-state index >= 15 is 0 Å². The maximum Gasteiger partial charge on any atom is 0.269 e. The van der Waals surface area contributed by atoms with Gasteiger partial charge in [0, 0.05) is 18.8 Å². The maximum absolute atomic E-state index is 11.6. The van der Waals surface area contributed by atoms with Crippen LogP contribution in [0.5, 0.6) is 0 Å². The van der Waals surface area contributed by atoms with E-state index in [9.17, 15) is 4.79 Å². The molecule has 0 saturated heterocycles. The Hall–Kier alpha value is -1.42. The molecule has 15 heavy (non-hydrogen) atoms. The highest BCUT2D eigenvalue weighted by atomic mass is 16.1. The summed E-state index contributed by atoms with van der Waals surface area (Å²) in [5.41, 5.74) is 1.33. The molecule has 0 spiro atoms. The van der Waals surface area contributed by atoms with Gasteiger partial charge in [-0.1, -0.05) is 13.0 Å². The van der Waals surface area contributed by atoms with Gasteiger partial charge in [0.15, 0.2) is 0 Å². The minimum Gasteiger partial charge on any atom is -0.349 e. The number of pyridine rings is 1. The average Bonchev–Trinajstić information content (AvgIpc) is 2.24. The minimum absolute atomic E-state index is 0.114. The SMILES string of the molecule is CCNCCNC(=O)c1cccc(C)n1. The van der Waals surface area contributed by atoms with Gasteiger partial charge in [-0.15, -0.1) is 0 Å². The monoisotopic (exact) mass is 207 g/mol. The van der Waals surface area contributed by atoms with E-state index in [2.05, 4.69) is 15.6 Å². The highest BCUT2D eigenvalue weighted by molar-refractivity contribution is 5.92. The van der Waals surface area contributed by atoms with Crippen LogP contribution in [0.1, 0.15) is 23.1 Å². The lowest BCUT2D eigenvalue weighted by molar-refractivity contribution is 0.0949. The second-order valence-corrected chi connectivity index (χ2v) is 3.27. The van der Waals surface area contributed by atoms with E-state index in [1.54, 1.807) is 6.07 Å². The molecular weight excluding hydrogens is 190 g/mol. The molecule has 1 rings (SSSR count). The van der Waals surface area contributed by atoms with Crippen molar-refractivity contribution in [2.45, 2.75) is 13.8 Å². The van der Waals surface area contributed by atoms with E-state index in [0.717, 1.165) is 18.8 Å². The zero-order valence-electron chi connectivity index (χ0n) is 9.21. The first-order valence-electron chi connectivity index (χ1n) is 5.16. The number of carbonyl (C=O) groups excluding carboxylic acids is 1. The lowest BCUT2D eigenvalue weighted by atomic mass is 10.3. The van der Waals surface area contributed by atoms with Crippen LogP contribution in [0.2, 0.25) is 0 Å². The summed E-state index contributed by atoms with van der Waals surface area (Å²) in [6, 6.07) is 5.42. The van der Waals surface area contributed by atoms with E-state index < -0.39 is 0 Å². The molecule has 1 amide bonds. The first-order valence-corrected chi connectivity index (χ1v) is 5.16. The molecule has 82 valence electrons. The molecule has 0 radical (unpaired) electrons. The Morgan fingerprint density at radius 3 is 2.87 bits per heavy atom. The van der Waals surface area contributed by atoms with Crippen LogP contribution in [0.25, 0.3) is 0 Å². The van der Waals surface area contributed by atoms with Crippen LogP contribution in [0, 0.1) is 6.92 Å². The number of nitrogens with zero attached hydrogens (tertiary/aromatic N) is 1. The van der Waals surface area contributed by atoms with Gasteiger partial charge < -0.3 is 10.6 Å². The average molecular weight is 207 g/mol. The third-order valence-corrected chi connectivity index (χ3v) is 1.96. The van der Waals surface area contributed by atoms with Crippen molar-refractivity contribution in [1.29, 1.82) is 0 Å². The smallest absolute Gasteiger partial charge is 0.269 e. The van der Waals surface area contributed by atoms with Gasteiger partial charge in [0.05, 0.1) is 0 Å². The summed E-state index contributed by atoms with van der Waals surface area (Å²) < 4.78 is 0. The molecule has 0 aliphatic heterocycles. The Balaban J connectivity index is 2.40. The van der Waals surface area contributed by atoms with E-state index in [-0.39, 0.29) is 5.91 Å². The number of aryl methyl sites for hydroxylation is 1. The van der Waals surface area contributed by atoms with Gasteiger partial charge in [-0.2, -0.15) is 0 Å². The van der Waals surface area contributed by atoms with Crippen molar-refractivity contribution in [2.75, 3.05) is 19.6 Å². The number of hydrogen-bond acceptors (Lipinski definition) is 3. The van der Waals surface area contributed by atoms with Crippen molar-refractivity contribution in [3.63, 3.8) is 0 Å². The second kappa shape index (κ2) is 6.14. The number of nitrogens with one attached hydrogen (secondary N) is 2. The van der Waals surface area contributed by atoms with Gasteiger partial charge in [-0.05, 0) is 25.6 Å². The van der Waals surface area contributed by atoms with Gasteiger partial charge >= 0.3 is 0 Å². The number of rotatable bonds is 5. The summed E-state index contributed by atoms with van der Waals surface area (Å²) >= 11 is 0. The van der Waals surface area contributed by atoms with Gasteiger partial charge in [0.1, 0.15) is 5.69 Å². The molecule has 0 bridgehead atoms. The molecule has 2 N–H and O–H groups in total. The fourth-order valence-electron chi connectivity index (χ4n) is 1.20. The van der Waals surface area contributed by atoms with Crippen molar-refractivity contribution in [3.05, 3.63) is 29.6 Å². The summed E-state index contributed by atoms with van der Waals surface area (Å²) in [5, 5.41) is 5.93. The molecule has 4 heteroatoms. The van der Waals surface area contributed by atoms with Crippen LogP contribution in [-0.2, 0) is 0 Å². The van der Waals surface area contributed by atoms with E-state index in [1.807, 2.05) is 26.0 Å². The van der Waals surface area contributed by atoms with E-state index in [0.29, 0.717) is 12.2 Å². The van der Waals surface area contributed by atoms with Crippen LogP contribution >= 0.6 is 0 Å². The highest BCUT2D eigenvalue weighted by Gasteiger charge is 2.05. The normalized spacial score (nSPS) is 10.0. The fraction of sp³-hybridized carbons (Fsp3) is 0.455. The molecule has 0 saturated carbocycles. The Morgan fingerprint density at radius 2 is 2.20 bits per heavy atom. The van der Waals surface area contributed by atoms with Gasteiger partial charge in [0.25, 0.3) is 5.91 Å². The van der Waals surface area contributed by atoms with Crippen molar-refractivity contribution in [3.8, 4) is 0 Å². The van der Waals surface area contributed by atoms with Crippen molar-refractivity contribution in [1.82, 2.24) is 15.6 Å². The van der Waals surface area contributed by atoms with Gasteiger partial charge in [-0.25, -0.2) is 4.98 Å². The quantitative estimate of drug-likeness (QED) is 0.700. The van der Waals surface area contributed by atoms with Crippen LogP contribution < -0.4 is 10.6 Å². The van der Waals surface area contributed by atoms with Crippen molar-refractivity contribution in [2.24, 2.45) is 0 Å². The number of carbonyl (C=O) groups is 1. The highest BCUT2D eigenvalue weighted by Crippen LogP contribution is 1.97. The second-order valence-electron chi connectivity index (χ2n) is 3.27. The first kappa shape index (κ1) is 11.7. The minimum atomic E-state index is -0.114. The van der Waals surface area contributed by atoms with E-state index in [4.69, 9.17) is 0 Å². The Morgan fingerprint density at radius 1 is 1.40 bits per heavy atom. The summed E-state index contributed by atoms with van der Waals surface area (Å²) in [4.78, 5) is 15.7. The zero-order valence-corrected chi connectivity index (χ0v) is 9.21. The summed E-state index contributed by atoms with van der Waals surface area (Å²) in [6.45, 7) is 6.23. The molecule has 1 aromatic heterocycles. The van der Waals surface area contributed by atoms with Gasteiger partial charge in [-0.3, -0.25) is 4.79 Å². The first-order chi connectivity index (χ1) is 7.24. The number of amides is 1. The Kier molecular flexibility index (Phi) is 4.77. The summed E-state index contributed by atoms with van der Waals surface area (Å²) in [6.07, 6.45) is 0. The predicted octanol–water partition coefficient (Wildman–Crippen LogP) is 0.729. The standard InChI is InChI=1S/C11H17N3O/c1-3-12-7-8-13-11(15)10-6-4-5-9(2)14-10/h4-6,12H,3,7-8H2,1-2H3,(H,13,15). The molecule has 0 fully saturated rings. The molecule has 0 atom stereocenters. The lowest BCUT2D eigenvalue weighted by Gasteiger charge is -2.05. The number of aromatic nitrogens is 1. The zero-order chi connectivity index (χ0) is 11.1. The van der Waals surface area contributed by atoms with Crippen LogP contribution in [0.3, 0.4) is 0 Å². The van der Waals surface area contributed by atoms with Crippen molar-refractivity contribution >= 4 is 5.91 Å². The van der Waals surface area contributed by atoms with Crippen LogP contribution in [0.4, 0.5) is 0 Å². The van der Waals surface area contributed by atoms with Crippen LogP contribution in [-0.4, -0.2) is 30.5 Å². The largest absolute Gasteiger partial charge is 0.349 e. The molecule has 1 aromatic rings. The third kappa shape index (κ3) is 4.08.